The summed E-state index contributed by atoms with van der Waals surface area (Å²) in [6, 6.07) is 14.6. The van der Waals surface area contributed by atoms with Crippen molar-refractivity contribution in [3.63, 3.8) is 0 Å². The highest BCUT2D eigenvalue weighted by atomic mass is 16.5. The average molecular weight is 354 g/mol. The average Bonchev–Trinajstić information content (AvgIpc) is 2.67. The number of nitrogens with zero attached hydrogens (tertiary/aromatic N) is 2. The van der Waals surface area contributed by atoms with Crippen molar-refractivity contribution in [2.24, 2.45) is 10.2 Å². The van der Waals surface area contributed by atoms with Crippen molar-refractivity contribution >= 4 is 11.4 Å². The molecule has 26 heavy (non-hydrogen) atoms. The predicted octanol–water partition coefficient (Wildman–Crippen LogP) is 7.33. The fraction of sp³-hybridized carbons (Fsp3) is 0.455. The van der Waals surface area contributed by atoms with Gasteiger partial charge < -0.3 is 9.84 Å². The number of unbranched alkanes of at least 4 members (excludes halogenated alkanes) is 7. The Labute approximate surface area is 156 Å². The highest BCUT2D eigenvalue weighted by molar-refractivity contribution is 5.51. The van der Waals surface area contributed by atoms with Crippen LogP contribution in [-0.4, -0.2) is 11.7 Å². The largest absolute Gasteiger partial charge is 0.504 e. The number of azo groups is 1. The molecule has 0 saturated heterocycles. The molecule has 0 saturated carbocycles. The minimum absolute atomic E-state index is 0.142. The van der Waals surface area contributed by atoms with E-state index < -0.39 is 0 Å². The molecule has 0 aliphatic rings. The number of phenols is 1. The van der Waals surface area contributed by atoms with Gasteiger partial charge in [-0.15, -0.1) is 0 Å². The summed E-state index contributed by atoms with van der Waals surface area (Å²) < 4.78 is 5.72. The fourth-order valence-corrected chi connectivity index (χ4v) is 2.71. The Hall–Kier alpha value is -2.36. The van der Waals surface area contributed by atoms with Gasteiger partial charge in [0.2, 0.25) is 0 Å². The van der Waals surface area contributed by atoms with E-state index in [0.717, 1.165) is 12.1 Å². The van der Waals surface area contributed by atoms with Gasteiger partial charge in [-0.25, -0.2) is 0 Å². The van der Waals surface area contributed by atoms with Crippen molar-refractivity contribution in [2.75, 3.05) is 6.61 Å². The lowest BCUT2D eigenvalue weighted by molar-refractivity contribution is 0.289. The quantitative estimate of drug-likeness (QED) is 0.320. The highest BCUT2D eigenvalue weighted by Crippen LogP contribution is 2.31. The lowest BCUT2D eigenvalue weighted by Gasteiger charge is -2.08. The molecule has 0 aliphatic carbocycles. The molecular weight excluding hydrogens is 324 g/mol. The Morgan fingerprint density at radius 2 is 1.42 bits per heavy atom. The number of aromatic hydroxyl groups is 1. The van der Waals surface area contributed by atoms with Crippen LogP contribution < -0.4 is 4.74 Å². The highest BCUT2D eigenvalue weighted by Gasteiger charge is 2.04. The lowest BCUT2D eigenvalue weighted by atomic mass is 10.1. The van der Waals surface area contributed by atoms with Crippen LogP contribution in [0.2, 0.25) is 0 Å². The standard InChI is InChI=1S/C22H30N2O2/c1-2-3-4-5-6-7-8-12-17-26-22-18-20(15-16-21(22)25)24-23-19-13-10-9-11-14-19/h9-11,13-16,18,25H,2-8,12,17H2,1H3. The third-order valence-corrected chi connectivity index (χ3v) is 4.24. The van der Waals surface area contributed by atoms with Crippen LogP contribution >= 0.6 is 0 Å². The maximum absolute atomic E-state index is 9.95. The van der Waals surface area contributed by atoms with Gasteiger partial charge in [-0.1, -0.05) is 70.1 Å². The van der Waals surface area contributed by atoms with Crippen molar-refractivity contribution in [3.05, 3.63) is 48.5 Å². The van der Waals surface area contributed by atoms with Crippen LogP contribution in [0.5, 0.6) is 11.5 Å². The SMILES string of the molecule is CCCCCCCCCCOc1cc(N=Nc2ccccc2)ccc1O. The number of rotatable bonds is 12. The molecule has 0 amide bonds. The van der Waals surface area contributed by atoms with Crippen molar-refractivity contribution in [1.82, 2.24) is 0 Å². The zero-order valence-corrected chi connectivity index (χ0v) is 15.7. The molecule has 0 fully saturated rings. The van der Waals surface area contributed by atoms with E-state index in [1.807, 2.05) is 30.3 Å². The minimum Gasteiger partial charge on any atom is -0.504 e. The first kappa shape index (κ1) is 20.0. The fourth-order valence-electron chi connectivity index (χ4n) is 2.71. The van der Waals surface area contributed by atoms with Gasteiger partial charge in [-0.05, 0) is 30.7 Å². The van der Waals surface area contributed by atoms with Gasteiger partial charge in [0.05, 0.1) is 18.0 Å². The number of hydrogen-bond acceptors (Lipinski definition) is 4. The van der Waals surface area contributed by atoms with Crippen LogP contribution in [0, 0.1) is 0 Å². The first-order chi connectivity index (χ1) is 12.8. The normalized spacial score (nSPS) is 11.1. The van der Waals surface area contributed by atoms with Gasteiger partial charge in [-0.2, -0.15) is 10.2 Å². The Morgan fingerprint density at radius 1 is 0.769 bits per heavy atom. The summed E-state index contributed by atoms with van der Waals surface area (Å²) in [4.78, 5) is 0. The summed E-state index contributed by atoms with van der Waals surface area (Å²) in [5.74, 6) is 0.612. The van der Waals surface area contributed by atoms with E-state index in [1.54, 1.807) is 18.2 Å². The van der Waals surface area contributed by atoms with E-state index in [1.165, 1.54) is 44.9 Å². The molecule has 0 aliphatic heterocycles. The first-order valence-corrected chi connectivity index (χ1v) is 9.72. The van der Waals surface area contributed by atoms with Crippen molar-refractivity contribution < 1.29 is 9.84 Å². The predicted molar refractivity (Wildman–Crippen MR) is 107 cm³/mol. The smallest absolute Gasteiger partial charge is 0.163 e. The Kier molecular flexibility index (Phi) is 9.26. The maximum atomic E-state index is 9.95. The molecule has 4 nitrogen and oxygen atoms in total. The molecule has 0 atom stereocenters. The molecule has 140 valence electrons. The molecule has 0 unspecified atom stereocenters. The van der Waals surface area contributed by atoms with Crippen LogP contribution in [0.25, 0.3) is 0 Å². The van der Waals surface area contributed by atoms with Crippen molar-refractivity contribution in [3.8, 4) is 11.5 Å². The van der Waals surface area contributed by atoms with E-state index >= 15 is 0 Å². The number of ether oxygens (including phenoxy) is 1. The second kappa shape index (κ2) is 12.1. The third kappa shape index (κ3) is 7.68. The molecular formula is C22H30N2O2. The van der Waals surface area contributed by atoms with Gasteiger partial charge >= 0.3 is 0 Å². The monoisotopic (exact) mass is 354 g/mol. The van der Waals surface area contributed by atoms with E-state index in [2.05, 4.69) is 17.2 Å². The number of phenolic OH excluding ortho intramolecular Hbond substituents is 1. The maximum Gasteiger partial charge on any atom is 0.163 e. The molecule has 0 spiro atoms. The molecule has 0 heterocycles. The lowest BCUT2D eigenvalue weighted by Crippen LogP contribution is -1.97. The number of benzene rings is 2. The van der Waals surface area contributed by atoms with Crippen molar-refractivity contribution in [1.29, 1.82) is 0 Å². The molecule has 2 rings (SSSR count). The van der Waals surface area contributed by atoms with Gasteiger partial charge in [0.1, 0.15) is 0 Å². The van der Waals surface area contributed by atoms with Gasteiger partial charge in [-0.3, -0.25) is 0 Å². The zero-order valence-electron chi connectivity index (χ0n) is 15.7. The summed E-state index contributed by atoms with van der Waals surface area (Å²) in [5.41, 5.74) is 1.46. The topological polar surface area (TPSA) is 54.2 Å². The van der Waals surface area contributed by atoms with Crippen LogP contribution in [0.15, 0.2) is 58.8 Å². The second-order valence-electron chi connectivity index (χ2n) is 6.51. The van der Waals surface area contributed by atoms with E-state index in [9.17, 15) is 5.11 Å². The van der Waals surface area contributed by atoms with Crippen LogP contribution in [0.3, 0.4) is 0 Å². The molecule has 4 heteroatoms. The van der Waals surface area contributed by atoms with Crippen molar-refractivity contribution in [2.45, 2.75) is 58.3 Å². The summed E-state index contributed by atoms with van der Waals surface area (Å²) in [5, 5.41) is 18.3. The molecule has 1 N–H and O–H groups in total. The molecule has 0 radical (unpaired) electrons. The summed E-state index contributed by atoms with van der Waals surface area (Å²) in [6.07, 6.45) is 10.1. The van der Waals surface area contributed by atoms with E-state index in [4.69, 9.17) is 4.74 Å². The van der Waals surface area contributed by atoms with Gasteiger partial charge in [0.25, 0.3) is 0 Å². The minimum atomic E-state index is 0.142. The Bertz CT molecular complexity index is 656. The Balaban J connectivity index is 1.73. The number of hydrogen-bond donors (Lipinski definition) is 1. The third-order valence-electron chi connectivity index (χ3n) is 4.24. The Morgan fingerprint density at radius 3 is 2.15 bits per heavy atom. The summed E-state index contributed by atoms with van der Waals surface area (Å²) in [6.45, 7) is 2.85. The van der Waals surface area contributed by atoms with Crippen LogP contribution in [0.4, 0.5) is 11.4 Å². The first-order valence-electron chi connectivity index (χ1n) is 9.72. The molecule has 2 aromatic rings. The van der Waals surface area contributed by atoms with Gasteiger partial charge in [0.15, 0.2) is 11.5 Å². The summed E-state index contributed by atoms with van der Waals surface area (Å²) >= 11 is 0. The second-order valence-corrected chi connectivity index (χ2v) is 6.51. The van der Waals surface area contributed by atoms with Crippen LogP contribution in [-0.2, 0) is 0 Å². The molecule has 0 aromatic heterocycles. The summed E-state index contributed by atoms with van der Waals surface area (Å²) in [7, 11) is 0. The zero-order chi connectivity index (χ0) is 18.5. The van der Waals surface area contributed by atoms with Crippen LogP contribution in [0.1, 0.15) is 58.3 Å². The molecule has 0 bridgehead atoms. The van der Waals surface area contributed by atoms with E-state index in [0.29, 0.717) is 18.0 Å². The molecule has 2 aromatic carbocycles. The van der Waals surface area contributed by atoms with E-state index in [-0.39, 0.29) is 5.75 Å². The van der Waals surface area contributed by atoms with Gasteiger partial charge in [0, 0.05) is 6.07 Å².